The largest absolute Gasteiger partial charge is 0.495 e. The third-order valence-corrected chi connectivity index (χ3v) is 9.23. The predicted molar refractivity (Wildman–Crippen MR) is 168 cm³/mol. The second-order valence-corrected chi connectivity index (χ2v) is 12.9. The van der Waals surface area contributed by atoms with Crippen molar-refractivity contribution in [1.82, 2.24) is 0 Å². The summed E-state index contributed by atoms with van der Waals surface area (Å²) in [5.74, 6) is -3.91. The number of hydrogen-bond acceptors (Lipinski definition) is 6. The van der Waals surface area contributed by atoms with Crippen LogP contribution in [0.2, 0.25) is 10.0 Å². The van der Waals surface area contributed by atoms with E-state index in [1.807, 2.05) is 0 Å². The van der Waals surface area contributed by atoms with E-state index in [2.05, 4.69) is 5.32 Å². The van der Waals surface area contributed by atoms with Gasteiger partial charge in [-0.3, -0.25) is 14.0 Å². The zero-order valence-corrected chi connectivity index (χ0v) is 26.6. The van der Waals surface area contributed by atoms with Crippen molar-refractivity contribution in [2.24, 2.45) is 11.1 Å². The van der Waals surface area contributed by atoms with Crippen LogP contribution < -0.4 is 20.7 Å². The summed E-state index contributed by atoms with van der Waals surface area (Å²) in [6, 6.07) is 11.3. The Balaban J connectivity index is 1.90. The van der Waals surface area contributed by atoms with Gasteiger partial charge in [-0.2, -0.15) is 0 Å². The van der Waals surface area contributed by atoms with Gasteiger partial charge in [0.25, 0.3) is 0 Å². The van der Waals surface area contributed by atoms with E-state index in [1.54, 1.807) is 49.9 Å². The van der Waals surface area contributed by atoms with Crippen molar-refractivity contribution in [3.63, 3.8) is 0 Å². The highest BCUT2D eigenvalue weighted by Crippen LogP contribution is 2.61. The molecule has 1 saturated heterocycles. The molecule has 2 amide bonds. The molecule has 1 fully saturated rings. The van der Waals surface area contributed by atoms with Crippen molar-refractivity contribution < 1.29 is 32.6 Å². The van der Waals surface area contributed by atoms with Gasteiger partial charge in [-0.05, 0) is 66.3 Å². The quantitative estimate of drug-likeness (QED) is 0.257. The third kappa shape index (κ3) is 5.27. The number of anilines is 2. The first-order valence-corrected chi connectivity index (χ1v) is 15.1. The van der Waals surface area contributed by atoms with Crippen LogP contribution in [0.15, 0.2) is 54.6 Å². The third-order valence-electron chi connectivity index (χ3n) is 8.70. The number of benzene rings is 3. The maximum atomic E-state index is 16.1. The van der Waals surface area contributed by atoms with Crippen LogP contribution >= 0.6 is 23.2 Å². The number of amides is 2. The molecular weight excluding hydrogens is 627 g/mol. The molecule has 3 aromatic carbocycles. The van der Waals surface area contributed by atoms with Crippen molar-refractivity contribution in [1.29, 1.82) is 0 Å². The fraction of sp³-hybridized carbons (Fsp3) is 0.364. The van der Waals surface area contributed by atoms with E-state index < -0.39 is 59.1 Å². The lowest BCUT2D eigenvalue weighted by Gasteiger charge is -2.41. The minimum atomic E-state index is -1.69. The summed E-state index contributed by atoms with van der Waals surface area (Å²) in [5.41, 5.74) is 4.72. The molecule has 45 heavy (non-hydrogen) atoms. The second kappa shape index (κ2) is 12.1. The highest BCUT2D eigenvalue weighted by atomic mass is 35.5. The zero-order valence-electron chi connectivity index (χ0n) is 25.1. The Bertz CT molecular complexity index is 1690. The van der Waals surface area contributed by atoms with Crippen LogP contribution in [0.1, 0.15) is 54.6 Å². The summed E-state index contributed by atoms with van der Waals surface area (Å²) in [5, 5.41) is 3.02. The number of alkyl halides is 1. The number of carbonyl (C=O) groups is 3. The monoisotopic (exact) mass is 659 g/mol. The lowest BCUT2D eigenvalue weighted by atomic mass is 9.62. The number of halogens is 4. The van der Waals surface area contributed by atoms with Crippen molar-refractivity contribution in [2.45, 2.75) is 50.6 Å². The van der Waals surface area contributed by atoms with Gasteiger partial charge >= 0.3 is 5.97 Å². The van der Waals surface area contributed by atoms with Gasteiger partial charge in [-0.25, -0.2) is 9.18 Å². The van der Waals surface area contributed by atoms with Gasteiger partial charge in [0.2, 0.25) is 11.8 Å². The molecule has 238 valence electrons. The van der Waals surface area contributed by atoms with E-state index in [9.17, 15) is 18.8 Å². The van der Waals surface area contributed by atoms with Gasteiger partial charge in [0.15, 0.2) is 0 Å². The van der Waals surface area contributed by atoms with Gasteiger partial charge in [-0.1, -0.05) is 55.2 Å². The normalized spacial score (nSPS) is 22.4. The molecule has 0 aromatic heterocycles. The number of esters is 1. The van der Waals surface area contributed by atoms with E-state index in [0.717, 1.165) is 0 Å². The van der Waals surface area contributed by atoms with Crippen LogP contribution in [0.3, 0.4) is 0 Å². The van der Waals surface area contributed by atoms with Crippen molar-refractivity contribution in [3.05, 3.63) is 87.2 Å². The Hall–Kier alpha value is -3.89. The molecule has 0 aliphatic carbocycles. The number of rotatable bonds is 9. The molecular formula is C33H33Cl2F2N3O5. The number of nitrogens with one attached hydrogen (secondary N) is 1. The Morgan fingerprint density at radius 3 is 2.51 bits per heavy atom. The number of fused-ring (bicyclic) bond motifs is 2. The minimum absolute atomic E-state index is 0.0167. The highest BCUT2D eigenvalue weighted by Gasteiger charge is 2.69. The van der Waals surface area contributed by atoms with Crippen LogP contribution in [-0.4, -0.2) is 50.3 Å². The van der Waals surface area contributed by atoms with Crippen LogP contribution in [-0.2, 0) is 19.7 Å². The fourth-order valence-electron chi connectivity index (χ4n) is 6.86. The standard InChI is InChI=1S/C33H33Cl2F2N3O5/c1-5-45-30(42)17-9-12-23(24(13-17)44-4)40-25(15-32(2,3)16-36)33(20-11-10-18(34)14-22(20)39-31(33)43)26(28(40)29(38)41)19-7-6-8-21(35)27(19)37/h6-14,25-26,28H,5,15-16H2,1-4H3,(H2,38,41)(H,39,43)/t25-,26-,28+,33+/m0/s1. The van der Waals surface area contributed by atoms with Gasteiger partial charge in [-0.15, -0.1) is 0 Å². The molecule has 8 nitrogen and oxygen atoms in total. The van der Waals surface area contributed by atoms with Crippen LogP contribution in [0.5, 0.6) is 5.75 Å². The zero-order chi connectivity index (χ0) is 32.8. The first-order valence-electron chi connectivity index (χ1n) is 14.4. The molecule has 2 aliphatic heterocycles. The summed E-state index contributed by atoms with van der Waals surface area (Å²) in [6.45, 7) is 4.45. The molecule has 1 spiro atoms. The molecule has 0 bridgehead atoms. The number of nitrogens with zero attached hydrogens (tertiary/aromatic N) is 1. The maximum Gasteiger partial charge on any atom is 0.338 e. The van der Waals surface area contributed by atoms with E-state index in [-0.39, 0.29) is 40.6 Å². The lowest BCUT2D eigenvalue weighted by molar-refractivity contribution is -0.122. The van der Waals surface area contributed by atoms with Crippen LogP contribution in [0.4, 0.5) is 20.2 Å². The average molecular weight is 661 g/mol. The summed E-state index contributed by atoms with van der Waals surface area (Å²) in [4.78, 5) is 42.5. The Labute approximate surface area is 269 Å². The first kappa shape index (κ1) is 32.5. The molecule has 12 heteroatoms. The smallest absolute Gasteiger partial charge is 0.338 e. The molecule has 2 aliphatic rings. The Kier molecular flexibility index (Phi) is 8.76. The molecule has 4 atom stereocenters. The summed E-state index contributed by atoms with van der Waals surface area (Å²) >= 11 is 12.6. The molecule has 5 rings (SSSR count). The second-order valence-electron chi connectivity index (χ2n) is 12.0. The molecule has 0 saturated carbocycles. The van der Waals surface area contributed by atoms with E-state index in [4.69, 9.17) is 38.4 Å². The fourth-order valence-corrected chi connectivity index (χ4v) is 7.22. The summed E-state index contributed by atoms with van der Waals surface area (Å²) in [6.07, 6.45) is 0.0181. The molecule has 3 aromatic rings. The van der Waals surface area contributed by atoms with Gasteiger partial charge in [0.1, 0.15) is 23.0 Å². The maximum absolute atomic E-state index is 16.1. The van der Waals surface area contributed by atoms with Crippen LogP contribution in [0, 0.1) is 11.2 Å². The number of primary amides is 1. The van der Waals surface area contributed by atoms with Crippen molar-refractivity contribution >= 4 is 52.4 Å². The van der Waals surface area contributed by atoms with Gasteiger partial charge < -0.3 is 25.4 Å². The number of hydrogen-bond donors (Lipinski definition) is 2. The number of ether oxygens (including phenoxy) is 2. The van der Waals surface area contributed by atoms with Crippen molar-refractivity contribution in [2.75, 3.05) is 30.6 Å². The van der Waals surface area contributed by atoms with Gasteiger partial charge in [0, 0.05) is 22.7 Å². The Morgan fingerprint density at radius 2 is 1.87 bits per heavy atom. The number of nitrogens with two attached hydrogens (primary N) is 1. The average Bonchev–Trinajstić information content (AvgIpc) is 3.45. The predicted octanol–water partition coefficient (Wildman–Crippen LogP) is 6.42. The van der Waals surface area contributed by atoms with Crippen LogP contribution in [0.25, 0.3) is 0 Å². The number of carbonyl (C=O) groups excluding carboxylic acids is 3. The van der Waals surface area contributed by atoms with E-state index in [1.165, 1.54) is 37.4 Å². The van der Waals surface area contributed by atoms with Gasteiger partial charge in [0.05, 0.1) is 36.7 Å². The topological polar surface area (TPSA) is 111 Å². The minimum Gasteiger partial charge on any atom is -0.495 e. The van der Waals surface area contributed by atoms with E-state index >= 15 is 4.39 Å². The van der Waals surface area contributed by atoms with Crippen molar-refractivity contribution in [3.8, 4) is 5.75 Å². The molecule has 0 unspecified atom stereocenters. The first-order chi connectivity index (χ1) is 21.3. The summed E-state index contributed by atoms with van der Waals surface area (Å²) < 4.78 is 41.6. The Morgan fingerprint density at radius 1 is 1.13 bits per heavy atom. The lowest BCUT2D eigenvalue weighted by Crippen LogP contribution is -2.51. The number of methoxy groups -OCH3 is 1. The molecule has 2 heterocycles. The molecule has 0 radical (unpaired) electrons. The highest BCUT2D eigenvalue weighted by molar-refractivity contribution is 6.31. The summed E-state index contributed by atoms with van der Waals surface area (Å²) in [7, 11) is 1.38. The molecule has 3 N–H and O–H groups in total. The van der Waals surface area contributed by atoms with E-state index in [0.29, 0.717) is 16.3 Å². The SMILES string of the molecule is CCOC(=O)c1ccc(N2[C@@H](CC(C)(C)CF)[C@@]3(C(=O)Nc4cc(Cl)ccc43)[C@@H](c3cccc(Cl)c3F)[C@@H]2C(N)=O)c(OC)c1.